The number of nitrogens with zero attached hydrogens (tertiary/aromatic N) is 5. The van der Waals surface area contributed by atoms with Crippen molar-refractivity contribution in [3.05, 3.63) is 114 Å². The summed E-state index contributed by atoms with van der Waals surface area (Å²) >= 11 is 6.28. The Balaban J connectivity index is 1.51. The number of nitro benzene ring substituents is 1. The van der Waals surface area contributed by atoms with Crippen molar-refractivity contribution in [2.45, 2.75) is 6.54 Å². The number of fused-ring (bicyclic) bond motifs is 2. The molecule has 0 radical (unpaired) electrons. The molecule has 190 valence electrons. The molecule has 0 fully saturated rings. The Bertz CT molecular complexity index is 1860. The molecule has 0 amide bonds. The number of H-pyrrole nitrogens is 1. The van der Waals surface area contributed by atoms with Gasteiger partial charge in [-0.1, -0.05) is 54.1 Å². The van der Waals surface area contributed by atoms with Crippen LogP contribution in [-0.4, -0.2) is 30.2 Å². The van der Waals surface area contributed by atoms with E-state index in [9.17, 15) is 19.7 Å². The van der Waals surface area contributed by atoms with Crippen LogP contribution in [0.2, 0.25) is 0 Å². The van der Waals surface area contributed by atoms with E-state index in [0.29, 0.717) is 5.56 Å². The summed E-state index contributed by atoms with van der Waals surface area (Å²) in [4.78, 5) is 42.2. The molecular formula is C26H20ClN7O4. The number of rotatable bonds is 7. The highest BCUT2D eigenvalue weighted by atomic mass is 35.5. The quantitative estimate of drug-likeness (QED) is 0.184. The van der Waals surface area contributed by atoms with E-state index in [1.807, 2.05) is 42.5 Å². The molecule has 0 aliphatic heterocycles. The molecule has 5 aromatic rings. The summed E-state index contributed by atoms with van der Waals surface area (Å²) in [5, 5.41) is 17.3. The van der Waals surface area contributed by atoms with E-state index in [1.165, 1.54) is 30.0 Å². The van der Waals surface area contributed by atoms with E-state index in [4.69, 9.17) is 11.6 Å². The standard InChI is InChI=1S/C26H20ClN7O4/c1-32-23-22(24(35)30-26(32)36)33(15-18-7-4-6-17-5-2-3-8-21(17)18)25(29-23)31-28-14-19(27)13-16-9-11-20(12-10-16)34(37)38/h2-14H,15H2,1H3,(H,29,31)(H,30,35,36)/b19-13-,28-14-. The van der Waals surface area contributed by atoms with Crippen molar-refractivity contribution in [3.8, 4) is 0 Å². The number of nitro groups is 1. The highest BCUT2D eigenvalue weighted by Crippen LogP contribution is 2.23. The van der Waals surface area contributed by atoms with E-state index in [1.54, 1.807) is 22.8 Å². The number of aromatic nitrogens is 4. The minimum atomic E-state index is -0.582. The van der Waals surface area contributed by atoms with Crippen LogP contribution < -0.4 is 16.7 Å². The molecule has 0 aliphatic rings. The molecule has 2 aromatic heterocycles. The lowest BCUT2D eigenvalue weighted by Crippen LogP contribution is -2.29. The maximum atomic E-state index is 12.8. The zero-order chi connectivity index (χ0) is 26.8. The number of hydrogen-bond donors (Lipinski definition) is 2. The topological polar surface area (TPSA) is 140 Å². The molecule has 12 heteroatoms. The third kappa shape index (κ3) is 4.82. The van der Waals surface area contributed by atoms with Gasteiger partial charge in [0.25, 0.3) is 11.2 Å². The molecule has 5 rings (SSSR count). The first kappa shape index (κ1) is 24.7. The Labute approximate surface area is 219 Å². The van der Waals surface area contributed by atoms with Crippen molar-refractivity contribution in [3.63, 3.8) is 0 Å². The number of benzene rings is 3. The highest BCUT2D eigenvalue weighted by Gasteiger charge is 2.18. The number of allylic oxidation sites excluding steroid dienone is 1. The minimum Gasteiger partial charge on any atom is -0.298 e. The lowest BCUT2D eigenvalue weighted by atomic mass is 10.0. The number of hydrazone groups is 1. The van der Waals surface area contributed by atoms with Gasteiger partial charge in [-0.3, -0.25) is 29.0 Å². The van der Waals surface area contributed by atoms with Gasteiger partial charge in [0, 0.05) is 19.2 Å². The Morgan fingerprint density at radius 1 is 1.13 bits per heavy atom. The van der Waals surface area contributed by atoms with Crippen LogP contribution >= 0.6 is 11.6 Å². The minimum absolute atomic E-state index is 0.0249. The molecule has 0 aliphatic carbocycles. The van der Waals surface area contributed by atoms with E-state index in [2.05, 4.69) is 20.5 Å². The van der Waals surface area contributed by atoms with Crippen LogP contribution in [0.1, 0.15) is 11.1 Å². The number of imidazole rings is 1. The third-order valence-electron chi connectivity index (χ3n) is 5.98. The SMILES string of the molecule is Cn1c(=O)[nH]c(=O)c2c1nc(N/N=C\C(Cl)=C\c1ccc([N+](=O)[O-])cc1)n2Cc1cccc2ccccc12. The number of anilines is 1. The van der Waals surface area contributed by atoms with Crippen LogP contribution in [0.3, 0.4) is 0 Å². The molecule has 0 atom stereocenters. The lowest BCUT2D eigenvalue weighted by Gasteiger charge is -2.11. The van der Waals surface area contributed by atoms with Gasteiger partial charge in [0.05, 0.1) is 22.7 Å². The predicted octanol–water partition coefficient (Wildman–Crippen LogP) is 4.21. The van der Waals surface area contributed by atoms with Crippen molar-refractivity contribution in [1.29, 1.82) is 0 Å². The summed E-state index contributed by atoms with van der Waals surface area (Å²) in [6.45, 7) is 0.281. The van der Waals surface area contributed by atoms with Crippen molar-refractivity contribution in [1.82, 2.24) is 19.1 Å². The molecule has 0 saturated heterocycles. The molecule has 3 aromatic carbocycles. The van der Waals surface area contributed by atoms with E-state index in [0.717, 1.165) is 16.3 Å². The maximum Gasteiger partial charge on any atom is 0.329 e. The van der Waals surface area contributed by atoms with Crippen LogP contribution in [0, 0.1) is 10.1 Å². The van der Waals surface area contributed by atoms with Gasteiger partial charge in [-0.15, -0.1) is 0 Å². The summed E-state index contributed by atoms with van der Waals surface area (Å²) < 4.78 is 2.91. The second kappa shape index (κ2) is 10.1. The fourth-order valence-electron chi connectivity index (χ4n) is 4.11. The third-order valence-corrected chi connectivity index (χ3v) is 6.18. The molecule has 2 heterocycles. The zero-order valence-corrected chi connectivity index (χ0v) is 20.7. The van der Waals surface area contributed by atoms with Crippen LogP contribution in [0.25, 0.3) is 28.0 Å². The van der Waals surface area contributed by atoms with Gasteiger partial charge in [0.15, 0.2) is 11.2 Å². The molecule has 2 N–H and O–H groups in total. The largest absolute Gasteiger partial charge is 0.329 e. The average molecular weight is 530 g/mol. The summed E-state index contributed by atoms with van der Waals surface area (Å²) in [6, 6.07) is 19.7. The molecule has 0 bridgehead atoms. The van der Waals surface area contributed by atoms with Gasteiger partial charge >= 0.3 is 5.69 Å². The van der Waals surface area contributed by atoms with Gasteiger partial charge in [0.1, 0.15) is 0 Å². The van der Waals surface area contributed by atoms with Gasteiger partial charge in [-0.2, -0.15) is 10.1 Å². The molecule has 38 heavy (non-hydrogen) atoms. The number of aromatic amines is 1. The zero-order valence-electron chi connectivity index (χ0n) is 20.0. The Hall–Kier alpha value is -5.03. The number of non-ortho nitro benzene ring substituents is 1. The Morgan fingerprint density at radius 2 is 1.87 bits per heavy atom. The van der Waals surface area contributed by atoms with Gasteiger partial charge in [0.2, 0.25) is 5.95 Å². The van der Waals surface area contributed by atoms with Crippen molar-refractivity contribution < 1.29 is 4.92 Å². The molecule has 0 saturated carbocycles. The van der Waals surface area contributed by atoms with Crippen molar-refractivity contribution in [2.24, 2.45) is 12.1 Å². The molecular weight excluding hydrogens is 510 g/mol. The number of hydrogen-bond acceptors (Lipinski definition) is 7. The fourth-order valence-corrected chi connectivity index (χ4v) is 4.29. The Morgan fingerprint density at radius 3 is 2.63 bits per heavy atom. The van der Waals surface area contributed by atoms with Crippen LogP contribution in [0.5, 0.6) is 0 Å². The first-order valence-corrected chi connectivity index (χ1v) is 11.8. The predicted molar refractivity (Wildman–Crippen MR) is 148 cm³/mol. The first-order valence-electron chi connectivity index (χ1n) is 11.4. The number of halogens is 1. The van der Waals surface area contributed by atoms with Crippen LogP contribution in [0.15, 0.2) is 86.5 Å². The first-order chi connectivity index (χ1) is 18.3. The van der Waals surface area contributed by atoms with Crippen molar-refractivity contribution >= 4 is 57.5 Å². The highest BCUT2D eigenvalue weighted by molar-refractivity contribution is 6.41. The monoisotopic (exact) mass is 529 g/mol. The fraction of sp³-hybridized carbons (Fsp3) is 0.0769. The average Bonchev–Trinajstić information content (AvgIpc) is 3.26. The summed E-state index contributed by atoms with van der Waals surface area (Å²) in [5.74, 6) is 0.232. The van der Waals surface area contributed by atoms with E-state index in [-0.39, 0.29) is 34.4 Å². The van der Waals surface area contributed by atoms with Gasteiger partial charge in [-0.05, 0) is 40.1 Å². The number of nitrogens with one attached hydrogen (secondary N) is 2. The smallest absolute Gasteiger partial charge is 0.298 e. The maximum absolute atomic E-state index is 12.8. The summed E-state index contributed by atoms with van der Waals surface area (Å²) in [7, 11) is 1.52. The number of aryl methyl sites for hydroxylation is 1. The van der Waals surface area contributed by atoms with Crippen LogP contribution in [0.4, 0.5) is 11.6 Å². The molecule has 11 nitrogen and oxygen atoms in total. The second-order valence-electron chi connectivity index (χ2n) is 8.40. The van der Waals surface area contributed by atoms with Gasteiger partial charge < -0.3 is 0 Å². The molecule has 0 unspecified atom stereocenters. The van der Waals surface area contributed by atoms with E-state index < -0.39 is 16.2 Å². The van der Waals surface area contributed by atoms with Gasteiger partial charge in [-0.25, -0.2) is 10.2 Å². The molecule has 0 spiro atoms. The van der Waals surface area contributed by atoms with E-state index >= 15 is 0 Å². The normalized spacial score (nSPS) is 12.0. The summed E-state index contributed by atoms with van der Waals surface area (Å²) in [6.07, 6.45) is 2.93. The lowest BCUT2D eigenvalue weighted by molar-refractivity contribution is -0.384. The second-order valence-corrected chi connectivity index (χ2v) is 8.83. The Kier molecular flexibility index (Phi) is 6.58. The van der Waals surface area contributed by atoms with Crippen molar-refractivity contribution in [2.75, 3.05) is 5.43 Å². The van der Waals surface area contributed by atoms with Crippen LogP contribution in [-0.2, 0) is 13.6 Å². The summed E-state index contributed by atoms with van der Waals surface area (Å²) in [5.41, 5.74) is 3.66.